The Hall–Kier alpha value is -3.62. The minimum absolute atomic E-state index is 0.00745. The number of amides is 4. The van der Waals surface area contributed by atoms with Gasteiger partial charge in [-0.3, -0.25) is 9.59 Å². The number of halogens is 1. The second kappa shape index (κ2) is 11.8. The molecular formula is C29H36FN5O3. The molecule has 3 fully saturated rings. The summed E-state index contributed by atoms with van der Waals surface area (Å²) in [7, 11) is 0. The fourth-order valence-corrected chi connectivity index (χ4v) is 5.20. The molecule has 5 rings (SSSR count). The van der Waals surface area contributed by atoms with E-state index < -0.39 is 0 Å². The van der Waals surface area contributed by atoms with Gasteiger partial charge in [0.15, 0.2) is 0 Å². The molecule has 0 unspecified atom stereocenters. The lowest BCUT2D eigenvalue weighted by molar-refractivity contribution is -0.117. The van der Waals surface area contributed by atoms with Crippen molar-refractivity contribution in [3.8, 4) is 0 Å². The van der Waals surface area contributed by atoms with Gasteiger partial charge >= 0.3 is 6.03 Å². The summed E-state index contributed by atoms with van der Waals surface area (Å²) in [5, 5.41) is 9.05. The number of urea groups is 1. The first-order valence-corrected chi connectivity index (χ1v) is 13.7. The van der Waals surface area contributed by atoms with Gasteiger partial charge in [0.1, 0.15) is 5.82 Å². The van der Waals surface area contributed by atoms with Crippen LogP contribution in [0.5, 0.6) is 0 Å². The maximum Gasteiger partial charge on any atom is 0.317 e. The van der Waals surface area contributed by atoms with E-state index in [0.717, 1.165) is 36.9 Å². The maximum atomic E-state index is 13.3. The molecule has 0 atom stereocenters. The monoisotopic (exact) mass is 521 g/mol. The van der Waals surface area contributed by atoms with Gasteiger partial charge in [0.2, 0.25) is 5.91 Å². The Balaban J connectivity index is 1.26. The minimum atomic E-state index is -0.326. The highest BCUT2D eigenvalue weighted by molar-refractivity contribution is 6.02. The van der Waals surface area contributed by atoms with Crippen LogP contribution in [0.2, 0.25) is 0 Å². The minimum Gasteiger partial charge on any atom is -0.367 e. The van der Waals surface area contributed by atoms with Crippen LogP contribution in [0.1, 0.15) is 60.9 Å². The lowest BCUT2D eigenvalue weighted by Crippen LogP contribution is -2.54. The highest BCUT2D eigenvalue weighted by Crippen LogP contribution is 2.31. The zero-order valence-electron chi connectivity index (χ0n) is 21.7. The van der Waals surface area contributed by atoms with E-state index in [4.69, 9.17) is 0 Å². The third-order valence-corrected chi connectivity index (χ3v) is 7.66. The molecule has 38 heavy (non-hydrogen) atoms. The zero-order chi connectivity index (χ0) is 26.5. The quantitative estimate of drug-likeness (QED) is 0.507. The van der Waals surface area contributed by atoms with E-state index in [1.54, 1.807) is 18.2 Å². The van der Waals surface area contributed by atoms with Crippen LogP contribution in [0.15, 0.2) is 42.5 Å². The Morgan fingerprint density at radius 2 is 1.58 bits per heavy atom. The number of carbonyl (C=O) groups excluding carboxylic acids is 3. The Morgan fingerprint density at radius 3 is 2.26 bits per heavy atom. The predicted octanol–water partition coefficient (Wildman–Crippen LogP) is 4.27. The van der Waals surface area contributed by atoms with E-state index in [9.17, 15) is 18.8 Å². The Kier molecular flexibility index (Phi) is 8.10. The predicted molar refractivity (Wildman–Crippen MR) is 145 cm³/mol. The molecule has 0 spiro atoms. The van der Waals surface area contributed by atoms with E-state index in [1.807, 2.05) is 17.0 Å². The van der Waals surface area contributed by atoms with Crippen LogP contribution in [0, 0.1) is 11.7 Å². The summed E-state index contributed by atoms with van der Waals surface area (Å²) in [6.45, 7) is 2.59. The fourth-order valence-electron chi connectivity index (χ4n) is 5.20. The largest absolute Gasteiger partial charge is 0.367 e. The molecule has 4 amide bonds. The van der Waals surface area contributed by atoms with Crippen LogP contribution < -0.4 is 20.9 Å². The number of hydrogen-bond donors (Lipinski definition) is 3. The molecule has 1 aliphatic heterocycles. The van der Waals surface area contributed by atoms with E-state index in [-0.39, 0.29) is 42.2 Å². The topological polar surface area (TPSA) is 93.8 Å². The van der Waals surface area contributed by atoms with E-state index in [1.165, 1.54) is 31.4 Å². The second-order valence-corrected chi connectivity index (χ2v) is 10.6. The Labute approximate surface area is 222 Å². The first kappa shape index (κ1) is 26.0. The van der Waals surface area contributed by atoms with Gasteiger partial charge in [-0.1, -0.05) is 31.4 Å². The van der Waals surface area contributed by atoms with Crippen molar-refractivity contribution in [1.29, 1.82) is 0 Å². The molecular weight excluding hydrogens is 485 g/mol. The molecule has 9 heteroatoms. The average molecular weight is 522 g/mol. The van der Waals surface area contributed by atoms with Crippen molar-refractivity contribution in [3.63, 3.8) is 0 Å². The molecule has 2 saturated carbocycles. The maximum absolute atomic E-state index is 13.3. The number of rotatable bonds is 7. The molecule has 1 saturated heterocycles. The van der Waals surface area contributed by atoms with Crippen LogP contribution in [0.3, 0.4) is 0 Å². The summed E-state index contributed by atoms with van der Waals surface area (Å²) in [5.74, 6) is -0.566. The normalized spacial score (nSPS) is 18.1. The van der Waals surface area contributed by atoms with Gasteiger partial charge in [-0.05, 0) is 61.6 Å². The van der Waals surface area contributed by atoms with Gasteiger partial charge in [-0.15, -0.1) is 0 Å². The summed E-state index contributed by atoms with van der Waals surface area (Å²) in [4.78, 5) is 42.4. The summed E-state index contributed by atoms with van der Waals surface area (Å²) >= 11 is 0. The van der Waals surface area contributed by atoms with Gasteiger partial charge in [-0.25, -0.2) is 9.18 Å². The van der Waals surface area contributed by atoms with Crippen LogP contribution in [-0.4, -0.2) is 55.0 Å². The summed E-state index contributed by atoms with van der Waals surface area (Å²) < 4.78 is 13.3. The fraction of sp³-hybridized carbons (Fsp3) is 0.483. The van der Waals surface area contributed by atoms with Gasteiger partial charge in [0.05, 0.1) is 5.56 Å². The lowest BCUT2D eigenvalue weighted by atomic mass is 9.96. The highest BCUT2D eigenvalue weighted by Gasteiger charge is 2.30. The number of nitrogens with one attached hydrogen (secondary N) is 3. The van der Waals surface area contributed by atoms with Gasteiger partial charge in [0, 0.05) is 56.1 Å². The van der Waals surface area contributed by atoms with Crippen molar-refractivity contribution < 1.29 is 18.8 Å². The van der Waals surface area contributed by atoms with Gasteiger partial charge in [-0.2, -0.15) is 0 Å². The Bertz CT molecular complexity index is 1150. The lowest BCUT2D eigenvalue weighted by Gasteiger charge is -2.37. The molecule has 3 N–H and O–H groups in total. The first-order valence-electron chi connectivity index (χ1n) is 13.7. The molecule has 2 aromatic rings. The first-order chi connectivity index (χ1) is 18.5. The van der Waals surface area contributed by atoms with Crippen molar-refractivity contribution >= 4 is 29.2 Å². The van der Waals surface area contributed by atoms with Crippen LogP contribution in [-0.2, 0) is 11.3 Å². The van der Waals surface area contributed by atoms with Crippen molar-refractivity contribution in [2.45, 2.75) is 57.5 Å². The molecule has 0 bridgehead atoms. The highest BCUT2D eigenvalue weighted by atomic mass is 19.1. The standard InChI is InChI=1S/C29H36FN5O3/c30-22-10-6-20(7-11-22)19-31-28(37)25-18-24(32-27(36)21-8-9-21)12-13-26(25)34-14-16-35(17-15-34)29(38)33-23-4-2-1-3-5-23/h6-7,10-13,18,21,23H,1-5,8-9,14-17,19H2,(H,31,37)(H,32,36)(H,33,38). The van der Waals surface area contributed by atoms with Gasteiger partial charge < -0.3 is 25.8 Å². The smallest absolute Gasteiger partial charge is 0.317 e. The average Bonchev–Trinajstić information content (AvgIpc) is 3.79. The molecule has 1 heterocycles. The number of nitrogens with zero attached hydrogens (tertiary/aromatic N) is 2. The summed E-state index contributed by atoms with van der Waals surface area (Å²) in [6.07, 6.45) is 7.47. The van der Waals surface area contributed by atoms with Crippen molar-refractivity contribution in [1.82, 2.24) is 15.5 Å². The van der Waals surface area contributed by atoms with Crippen molar-refractivity contribution in [2.24, 2.45) is 5.92 Å². The molecule has 0 aromatic heterocycles. The Morgan fingerprint density at radius 1 is 0.868 bits per heavy atom. The van der Waals surface area contributed by atoms with E-state index >= 15 is 0 Å². The third kappa shape index (κ3) is 6.62. The molecule has 202 valence electrons. The summed E-state index contributed by atoms with van der Waals surface area (Å²) in [5.41, 5.74) is 2.60. The number of carbonyl (C=O) groups is 3. The summed E-state index contributed by atoms with van der Waals surface area (Å²) in [6, 6.07) is 11.7. The van der Waals surface area contributed by atoms with Crippen molar-refractivity contribution in [3.05, 3.63) is 59.4 Å². The molecule has 3 aliphatic rings. The number of hydrogen-bond acceptors (Lipinski definition) is 4. The van der Waals surface area contributed by atoms with E-state index in [2.05, 4.69) is 20.9 Å². The SMILES string of the molecule is O=C(NCc1ccc(F)cc1)c1cc(NC(=O)C2CC2)ccc1N1CCN(C(=O)NC2CCCCC2)CC1. The van der Waals surface area contributed by atoms with Crippen LogP contribution in [0.4, 0.5) is 20.6 Å². The molecule has 2 aliphatic carbocycles. The number of benzene rings is 2. The molecule has 0 radical (unpaired) electrons. The van der Waals surface area contributed by atoms with Crippen LogP contribution in [0.25, 0.3) is 0 Å². The number of anilines is 2. The second-order valence-electron chi connectivity index (χ2n) is 10.6. The van der Waals surface area contributed by atoms with Crippen molar-refractivity contribution in [2.75, 3.05) is 36.4 Å². The third-order valence-electron chi connectivity index (χ3n) is 7.66. The zero-order valence-corrected chi connectivity index (χ0v) is 21.7. The molecule has 8 nitrogen and oxygen atoms in total. The van der Waals surface area contributed by atoms with Crippen LogP contribution >= 0.6 is 0 Å². The van der Waals surface area contributed by atoms with Gasteiger partial charge in [0.25, 0.3) is 5.91 Å². The van der Waals surface area contributed by atoms with E-state index in [0.29, 0.717) is 37.4 Å². The number of piperazine rings is 1. The molecule has 2 aromatic carbocycles.